The van der Waals surface area contributed by atoms with Crippen molar-refractivity contribution < 1.29 is 14.3 Å². The van der Waals surface area contributed by atoms with Crippen molar-refractivity contribution in [3.8, 4) is 0 Å². The highest BCUT2D eigenvalue weighted by atomic mass is 35.5. The Kier molecular flexibility index (Phi) is 5.58. The van der Waals surface area contributed by atoms with Gasteiger partial charge in [-0.3, -0.25) is 4.79 Å². The second kappa shape index (κ2) is 7.85. The summed E-state index contributed by atoms with van der Waals surface area (Å²) in [6.07, 6.45) is 3.63. The molecule has 0 aliphatic carbocycles. The number of rotatable bonds is 4. The van der Waals surface area contributed by atoms with Crippen LogP contribution < -0.4 is 10.6 Å². The summed E-state index contributed by atoms with van der Waals surface area (Å²) >= 11 is 5.84. The number of benzene rings is 1. The van der Waals surface area contributed by atoms with Crippen LogP contribution in [0.1, 0.15) is 25.7 Å². The summed E-state index contributed by atoms with van der Waals surface area (Å²) in [6.45, 7) is 1.86. The van der Waals surface area contributed by atoms with Crippen molar-refractivity contribution in [2.24, 2.45) is 0 Å². The Labute approximate surface area is 146 Å². The second-order valence-electron chi connectivity index (χ2n) is 6.17. The zero-order valence-corrected chi connectivity index (χ0v) is 14.2. The molecule has 0 saturated carbocycles. The number of amides is 3. The minimum atomic E-state index is -0.418. The molecule has 0 spiro atoms. The number of likely N-dealkylation sites (tertiary alicyclic amines) is 1. The summed E-state index contributed by atoms with van der Waals surface area (Å²) < 4.78 is 5.51. The molecule has 2 heterocycles. The lowest BCUT2D eigenvalue weighted by Gasteiger charge is -2.24. The highest BCUT2D eigenvalue weighted by Gasteiger charge is 2.34. The maximum absolute atomic E-state index is 12.5. The van der Waals surface area contributed by atoms with Gasteiger partial charge in [0.2, 0.25) is 5.91 Å². The largest absolute Gasteiger partial charge is 0.376 e. The van der Waals surface area contributed by atoms with Crippen LogP contribution in [0.5, 0.6) is 0 Å². The molecule has 0 unspecified atom stereocenters. The standard InChI is InChI=1S/C17H22ClN3O3/c18-12-5-7-13(8-6-12)20-17(23)21-9-1-4-15(21)16(22)19-11-14-3-2-10-24-14/h5-8,14-15H,1-4,9-11H2,(H,19,22)(H,20,23)/t14-,15-/m1/s1. The first-order valence-corrected chi connectivity index (χ1v) is 8.74. The van der Waals surface area contributed by atoms with Gasteiger partial charge >= 0.3 is 6.03 Å². The van der Waals surface area contributed by atoms with Crippen LogP contribution in [-0.2, 0) is 9.53 Å². The average molecular weight is 352 g/mol. The molecule has 1 aromatic rings. The SMILES string of the molecule is O=C(NC[C@H]1CCCO1)[C@H]1CCCN1C(=O)Nc1ccc(Cl)cc1. The molecule has 0 bridgehead atoms. The van der Waals surface area contributed by atoms with Crippen molar-refractivity contribution in [3.05, 3.63) is 29.3 Å². The summed E-state index contributed by atoms with van der Waals surface area (Å²) in [7, 11) is 0. The highest BCUT2D eigenvalue weighted by molar-refractivity contribution is 6.30. The predicted octanol–water partition coefficient (Wildman–Crippen LogP) is 2.63. The number of nitrogens with one attached hydrogen (secondary N) is 2. The lowest BCUT2D eigenvalue weighted by atomic mass is 10.2. The maximum atomic E-state index is 12.5. The van der Waals surface area contributed by atoms with Gasteiger partial charge in [-0.15, -0.1) is 0 Å². The lowest BCUT2D eigenvalue weighted by Crippen LogP contribution is -2.48. The van der Waals surface area contributed by atoms with E-state index < -0.39 is 6.04 Å². The third-order valence-electron chi connectivity index (χ3n) is 4.44. The van der Waals surface area contributed by atoms with Crippen molar-refractivity contribution in [1.29, 1.82) is 0 Å². The van der Waals surface area contributed by atoms with E-state index in [0.29, 0.717) is 30.2 Å². The van der Waals surface area contributed by atoms with Crippen LogP contribution in [-0.4, -0.2) is 48.7 Å². The monoisotopic (exact) mass is 351 g/mol. The van der Waals surface area contributed by atoms with Gasteiger partial charge in [0, 0.05) is 30.4 Å². The molecule has 2 aliphatic heterocycles. The molecular formula is C17H22ClN3O3. The van der Waals surface area contributed by atoms with E-state index >= 15 is 0 Å². The van der Waals surface area contributed by atoms with Gasteiger partial charge in [-0.2, -0.15) is 0 Å². The third-order valence-corrected chi connectivity index (χ3v) is 4.69. The summed E-state index contributed by atoms with van der Waals surface area (Å²) in [4.78, 5) is 26.5. The molecule has 2 fully saturated rings. The van der Waals surface area contributed by atoms with E-state index in [9.17, 15) is 9.59 Å². The van der Waals surface area contributed by atoms with Crippen molar-refractivity contribution in [3.63, 3.8) is 0 Å². The molecule has 3 amide bonds. The van der Waals surface area contributed by atoms with Gasteiger partial charge in [-0.1, -0.05) is 11.6 Å². The molecule has 2 atom stereocenters. The number of carbonyl (C=O) groups is 2. The van der Waals surface area contributed by atoms with Crippen LogP contribution in [0.4, 0.5) is 10.5 Å². The van der Waals surface area contributed by atoms with Crippen molar-refractivity contribution >= 4 is 29.2 Å². The first-order valence-electron chi connectivity index (χ1n) is 8.36. The highest BCUT2D eigenvalue weighted by Crippen LogP contribution is 2.20. The van der Waals surface area contributed by atoms with Crippen LogP contribution in [0.3, 0.4) is 0 Å². The Hall–Kier alpha value is -1.79. The fourth-order valence-corrected chi connectivity index (χ4v) is 3.27. The van der Waals surface area contributed by atoms with E-state index in [2.05, 4.69) is 10.6 Å². The van der Waals surface area contributed by atoms with E-state index in [1.807, 2.05) is 0 Å². The fraction of sp³-hybridized carbons (Fsp3) is 0.529. The van der Waals surface area contributed by atoms with Gasteiger partial charge in [-0.05, 0) is 49.9 Å². The maximum Gasteiger partial charge on any atom is 0.322 e. The van der Waals surface area contributed by atoms with Crippen LogP contribution in [0, 0.1) is 0 Å². The number of nitrogens with zero attached hydrogens (tertiary/aromatic N) is 1. The molecule has 24 heavy (non-hydrogen) atoms. The Bertz CT molecular complexity index is 587. The summed E-state index contributed by atoms with van der Waals surface area (Å²) in [5.74, 6) is -0.103. The topological polar surface area (TPSA) is 70.7 Å². The number of ether oxygens (including phenoxy) is 1. The summed E-state index contributed by atoms with van der Waals surface area (Å²) in [6, 6.07) is 6.23. The molecular weight excluding hydrogens is 330 g/mol. The molecule has 0 radical (unpaired) electrons. The molecule has 0 aromatic heterocycles. The van der Waals surface area contributed by atoms with Crippen LogP contribution in [0.25, 0.3) is 0 Å². The Balaban J connectivity index is 1.54. The van der Waals surface area contributed by atoms with E-state index in [1.165, 1.54) is 0 Å². The molecule has 1 aromatic carbocycles. The number of hydrogen-bond donors (Lipinski definition) is 2. The molecule has 2 N–H and O–H groups in total. The molecule has 130 valence electrons. The van der Waals surface area contributed by atoms with Gasteiger partial charge in [0.25, 0.3) is 0 Å². The quantitative estimate of drug-likeness (QED) is 0.876. The Morgan fingerprint density at radius 3 is 2.71 bits per heavy atom. The van der Waals surface area contributed by atoms with E-state index in [1.54, 1.807) is 29.2 Å². The lowest BCUT2D eigenvalue weighted by molar-refractivity contribution is -0.125. The number of anilines is 1. The Morgan fingerprint density at radius 2 is 2.00 bits per heavy atom. The van der Waals surface area contributed by atoms with E-state index in [-0.39, 0.29) is 18.0 Å². The number of halogens is 1. The van der Waals surface area contributed by atoms with Crippen molar-refractivity contribution in [2.45, 2.75) is 37.8 Å². The van der Waals surface area contributed by atoms with Gasteiger partial charge in [0.15, 0.2) is 0 Å². The zero-order valence-electron chi connectivity index (χ0n) is 13.5. The third kappa shape index (κ3) is 4.19. The number of carbonyl (C=O) groups excluding carboxylic acids is 2. The second-order valence-corrected chi connectivity index (χ2v) is 6.61. The minimum Gasteiger partial charge on any atom is -0.376 e. The molecule has 3 rings (SSSR count). The van der Waals surface area contributed by atoms with Gasteiger partial charge in [0.1, 0.15) is 6.04 Å². The summed E-state index contributed by atoms with van der Waals surface area (Å²) in [5, 5.41) is 6.35. The van der Waals surface area contributed by atoms with Gasteiger partial charge in [-0.25, -0.2) is 4.79 Å². The molecule has 2 saturated heterocycles. The van der Waals surface area contributed by atoms with Crippen LogP contribution in [0.2, 0.25) is 5.02 Å². The zero-order chi connectivity index (χ0) is 16.9. The minimum absolute atomic E-state index is 0.103. The Morgan fingerprint density at radius 1 is 1.21 bits per heavy atom. The first-order chi connectivity index (χ1) is 11.6. The van der Waals surface area contributed by atoms with Crippen molar-refractivity contribution in [1.82, 2.24) is 10.2 Å². The van der Waals surface area contributed by atoms with E-state index in [0.717, 1.165) is 25.9 Å². The normalized spacial score (nSPS) is 23.3. The molecule has 6 nitrogen and oxygen atoms in total. The van der Waals surface area contributed by atoms with E-state index in [4.69, 9.17) is 16.3 Å². The van der Waals surface area contributed by atoms with Crippen molar-refractivity contribution in [2.75, 3.05) is 25.0 Å². The fourth-order valence-electron chi connectivity index (χ4n) is 3.15. The smallest absolute Gasteiger partial charge is 0.322 e. The van der Waals surface area contributed by atoms with Crippen LogP contribution >= 0.6 is 11.6 Å². The van der Waals surface area contributed by atoms with Crippen LogP contribution in [0.15, 0.2) is 24.3 Å². The van der Waals surface area contributed by atoms with Gasteiger partial charge in [0.05, 0.1) is 6.10 Å². The number of urea groups is 1. The average Bonchev–Trinajstić information content (AvgIpc) is 3.26. The summed E-state index contributed by atoms with van der Waals surface area (Å²) in [5.41, 5.74) is 0.662. The molecule has 2 aliphatic rings. The first kappa shape index (κ1) is 17.0. The molecule has 7 heteroatoms. The predicted molar refractivity (Wildman–Crippen MR) is 92.2 cm³/mol. The van der Waals surface area contributed by atoms with Gasteiger partial charge < -0.3 is 20.3 Å². The number of hydrogen-bond acceptors (Lipinski definition) is 3.